The molecule has 0 atom stereocenters. The fraction of sp³-hybridized carbons (Fsp3) is 0.182. The van der Waals surface area contributed by atoms with E-state index in [0.29, 0.717) is 23.4 Å². The Bertz CT molecular complexity index is 705. The number of halogens is 1. The molecule has 86 valence electrons. The van der Waals surface area contributed by atoms with Crippen molar-refractivity contribution in [3.63, 3.8) is 0 Å². The normalized spacial score (nSPS) is 12.8. The van der Waals surface area contributed by atoms with Gasteiger partial charge in [-0.05, 0) is 19.1 Å². The van der Waals surface area contributed by atoms with Crippen LogP contribution < -0.4 is 11.0 Å². The summed E-state index contributed by atoms with van der Waals surface area (Å²) in [7, 11) is 0. The quantitative estimate of drug-likeness (QED) is 0.813. The number of nitrogens with one attached hydrogen (secondary N) is 1. The predicted octanol–water partition coefficient (Wildman–Crippen LogP) is 1.64. The maximum atomic E-state index is 13.6. The van der Waals surface area contributed by atoms with Crippen LogP contribution in [0.1, 0.15) is 6.92 Å². The Labute approximate surface area is 95.6 Å². The summed E-state index contributed by atoms with van der Waals surface area (Å²) < 4.78 is 15.1. The summed E-state index contributed by atoms with van der Waals surface area (Å²) in [6, 6.07) is 2.90. The minimum Gasteiger partial charge on any atom is -0.346 e. The zero-order valence-electron chi connectivity index (χ0n) is 9.07. The highest BCUT2D eigenvalue weighted by atomic mass is 19.1. The number of aromatic nitrogens is 2. The average molecular weight is 232 g/mol. The molecule has 2 aromatic rings. The molecule has 0 radical (unpaired) electrons. The van der Waals surface area contributed by atoms with Gasteiger partial charge < -0.3 is 5.32 Å². The zero-order chi connectivity index (χ0) is 12.0. The lowest BCUT2D eigenvalue weighted by Crippen LogP contribution is -2.24. The fourth-order valence-corrected chi connectivity index (χ4v) is 1.99. The van der Waals surface area contributed by atoms with Crippen LogP contribution in [-0.4, -0.2) is 15.9 Å². The lowest BCUT2D eigenvalue weighted by atomic mass is 10.1. The molecule has 1 N–H and O–H groups in total. The summed E-state index contributed by atoms with van der Waals surface area (Å²) in [5.74, 6) is -0.0556. The second kappa shape index (κ2) is 3.38. The summed E-state index contributed by atoms with van der Waals surface area (Å²) in [6.07, 6.45) is 1.49. The van der Waals surface area contributed by atoms with Crippen molar-refractivity contribution >= 4 is 28.7 Å². The van der Waals surface area contributed by atoms with Crippen molar-refractivity contribution in [2.24, 2.45) is 4.99 Å². The largest absolute Gasteiger partial charge is 0.349 e. The van der Waals surface area contributed by atoms with Gasteiger partial charge in [0.25, 0.3) is 0 Å². The molecule has 17 heavy (non-hydrogen) atoms. The van der Waals surface area contributed by atoms with Gasteiger partial charge in [-0.2, -0.15) is 4.98 Å². The second-order valence-corrected chi connectivity index (χ2v) is 3.68. The number of rotatable bonds is 1. The van der Waals surface area contributed by atoms with Crippen LogP contribution in [0.25, 0.3) is 10.9 Å². The lowest BCUT2D eigenvalue weighted by molar-refractivity contribution is 0.632. The van der Waals surface area contributed by atoms with Gasteiger partial charge in [-0.3, -0.25) is 4.57 Å². The first kappa shape index (κ1) is 9.95. The maximum Gasteiger partial charge on any atom is 0.349 e. The third-order valence-electron chi connectivity index (χ3n) is 2.77. The number of nitrogens with zero attached hydrogens (tertiary/aromatic N) is 3. The molecule has 0 amide bonds. The average Bonchev–Trinajstić information content (AvgIpc) is 2.34. The van der Waals surface area contributed by atoms with Crippen LogP contribution in [0.4, 0.5) is 15.9 Å². The molecular formula is C11H9FN4O. The molecule has 3 rings (SSSR count). The summed E-state index contributed by atoms with van der Waals surface area (Å²) in [5, 5.41) is 3.46. The van der Waals surface area contributed by atoms with E-state index in [2.05, 4.69) is 15.3 Å². The third kappa shape index (κ3) is 1.27. The number of aliphatic imine (C=N–C) groups is 1. The maximum absolute atomic E-state index is 13.6. The van der Waals surface area contributed by atoms with Gasteiger partial charge in [-0.25, -0.2) is 14.2 Å². The van der Waals surface area contributed by atoms with Crippen molar-refractivity contribution in [1.82, 2.24) is 9.55 Å². The topological polar surface area (TPSA) is 59.3 Å². The number of hydrogen-bond acceptors (Lipinski definition) is 4. The van der Waals surface area contributed by atoms with E-state index in [9.17, 15) is 9.18 Å². The molecule has 0 saturated heterocycles. The molecule has 1 aliphatic heterocycles. The summed E-state index contributed by atoms with van der Waals surface area (Å²) in [5.41, 5.74) is 0.294. The van der Waals surface area contributed by atoms with Gasteiger partial charge in [0.2, 0.25) is 0 Å². The lowest BCUT2D eigenvalue weighted by Gasteiger charge is -2.16. The summed E-state index contributed by atoms with van der Waals surface area (Å²) >= 11 is 0. The van der Waals surface area contributed by atoms with Crippen molar-refractivity contribution in [2.45, 2.75) is 13.5 Å². The first-order valence-corrected chi connectivity index (χ1v) is 5.24. The summed E-state index contributed by atoms with van der Waals surface area (Å²) in [4.78, 5) is 19.6. The van der Waals surface area contributed by atoms with Crippen molar-refractivity contribution in [3.05, 3.63) is 28.4 Å². The van der Waals surface area contributed by atoms with Crippen LogP contribution >= 0.6 is 0 Å². The molecule has 1 aliphatic rings. The van der Waals surface area contributed by atoms with E-state index in [0.717, 1.165) is 0 Å². The Hall–Kier alpha value is -2.24. The highest BCUT2D eigenvalue weighted by molar-refractivity contribution is 6.06. The molecule has 2 heterocycles. The molecule has 6 heteroatoms. The Balaban J connectivity index is 2.59. The van der Waals surface area contributed by atoms with Crippen molar-refractivity contribution in [2.75, 3.05) is 5.32 Å². The minimum atomic E-state index is -0.510. The van der Waals surface area contributed by atoms with E-state index >= 15 is 0 Å². The highest BCUT2D eigenvalue weighted by Crippen LogP contribution is 2.33. The molecule has 0 bridgehead atoms. The van der Waals surface area contributed by atoms with Gasteiger partial charge >= 0.3 is 5.69 Å². The molecule has 0 spiro atoms. The highest BCUT2D eigenvalue weighted by Gasteiger charge is 2.18. The Morgan fingerprint density at radius 3 is 3.06 bits per heavy atom. The van der Waals surface area contributed by atoms with Gasteiger partial charge in [0.1, 0.15) is 17.2 Å². The van der Waals surface area contributed by atoms with Crippen LogP contribution in [0.15, 0.2) is 21.9 Å². The standard InChI is InChI=1S/C11H9FN4O/c1-2-16-10-8-7(13-5-14-10)4-3-6(12)9(8)15-11(16)17/h3-5H,2H2,1H3,(H,13,14). The SMILES string of the molecule is CCn1c2c3c(ccc(F)c3nc1=O)NC=N2. The van der Waals surface area contributed by atoms with Crippen LogP contribution in [0.5, 0.6) is 0 Å². The van der Waals surface area contributed by atoms with E-state index in [-0.39, 0.29) is 5.52 Å². The van der Waals surface area contributed by atoms with E-state index in [4.69, 9.17) is 0 Å². The monoisotopic (exact) mass is 232 g/mol. The van der Waals surface area contributed by atoms with E-state index in [1.165, 1.54) is 17.0 Å². The first-order valence-electron chi connectivity index (χ1n) is 5.24. The van der Waals surface area contributed by atoms with E-state index in [1.807, 2.05) is 6.92 Å². The van der Waals surface area contributed by atoms with Crippen LogP contribution in [0.3, 0.4) is 0 Å². The molecule has 0 fully saturated rings. The van der Waals surface area contributed by atoms with E-state index < -0.39 is 11.5 Å². The van der Waals surface area contributed by atoms with Crippen LogP contribution in [0, 0.1) is 5.82 Å². The first-order chi connectivity index (χ1) is 8.22. The molecule has 1 aromatic heterocycles. The predicted molar refractivity (Wildman–Crippen MR) is 63.4 cm³/mol. The van der Waals surface area contributed by atoms with Gasteiger partial charge in [-0.1, -0.05) is 0 Å². The van der Waals surface area contributed by atoms with Gasteiger partial charge in [0, 0.05) is 6.54 Å². The number of hydrogen-bond donors (Lipinski definition) is 1. The van der Waals surface area contributed by atoms with Crippen LogP contribution in [0.2, 0.25) is 0 Å². The van der Waals surface area contributed by atoms with Crippen molar-refractivity contribution < 1.29 is 4.39 Å². The second-order valence-electron chi connectivity index (χ2n) is 3.68. The Morgan fingerprint density at radius 1 is 1.47 bits per heavy atom. The van der Waals surface area contributed by atoms with Gasteiger partial charge in [0.15, 0.2) is 0 Å². The molecular weight excluding hydrogens is 223 g/mol. The van der Waals surface area contributed by atoms with Gasteiger partial charge in [0.05, 0.1) is 17.4 Å². The van der Waals surface area contributed by atoms with Gasteiger partial charge in [-0.15, -0.1) is 0 Å². The Morgan fingerprint density at radius 2 is 2.29 bits per heavy atom. The van der Waals surface area contributed by atoms with Crippen molar-refractivity contribution in [1.29, 1.82) is 0 Å². The van der Waals surface area contributed by atoms with Crippen LogP contribution in [-0.2, 0) is 6.54 Å². The molecule has 0 saturated carbocycles. The smallest absolute Gasteiger partial charge is 0.346 e. The molecule has 1 aromatic carbocycles. The number of benzene rings is 1. The third-order valence-corrected chi connectivity index (χ3v) is 2.77. The Kier molecular flexibility index (Phi) is 1.98. The fourth-order valence-electron chi connectivity index (χ4n) is 1.99. The molecule has 0 aliphatic carbocycles. The van der Waals surface area contributed by atoms with Crippen molar-refractivity contribution in [3.8, 4) is 0 Å². The molecule has 0 unspecified atom stereocenters. The molecule has 5 nitrogen and oxygen atoms in total. The number of anilines is 1. The minimum absolute atomic E-state index is 0.0663. The zero-order valence-corrected chi connectivity index (χ0v) is 9.07. The van der Waals surface area contributed by atoms with E-state index in [1.54, 1.807) is 6.07 Å². The summed E-state index contributed by atoms with van der Waals surface area (Å²) in [6.45, 7) is 2.27.